The van der Waals surface area contributed by atoms with Crippen molar-refractivity contribution in [1.82, 2.24) is 14.3 Å². The summed E-state index contributed by atoms with van der Waals surface area (Å²) in [7, 11) is 0. The number of para-hydroxylation sites is 2. The minimum atomic E-state index is 0.405. The van der Waals surface area contributed by atoms with E-state index in [1.165, 1.54) is 0 Å². The second kappa shape index (κ2) is 8.48. The number of nitriles is 2. The molecule has 0 radical (unpaired) electrons. The van der Waals surface area contributed by atoms with Crippen LogP contribution in [-0.2, 0) is 11.2 Å². The van der Waals surface area contributed by atoms with Crippen LogP contribution in [0.1, 0.15) is 23.1 Å². The first-order valence-electron chi connectivity index (χ1n) is 9.98. The number of pyridine rings is 1. The van der Waals surface area contributed by atoms with Crippen LogP contribution in [0.3, 0.4) is 0 Å². The number of nitrogens with one attached hydrogen (secondary N) is 1. The Hall–Kier alpha value is -3.13. The van der Waals surface area contributed by atoms with Crippen molar-refractivity contribution in [1.29, 1.82) is 10.5 Å². The highest BCUT2D eigenvalue weighted by atomic mass is 16.5. The van der Waals surface area contributed by atoms with E-state index in [0.29, 0.717) is 24.1 Å². The molecule has 1 aliphatic heterocycles. The lowest BCUT2D eigenvalue weighted by Gasteiger charge is -2.27. The molecule has 0 aliphatic carbocycles. The molecule has 0 spiro atoms. The molecule has 29 heavy (non-hydrogen) atoms. The zero-order valence-corrected chi connectivity index (χ0v) is 16.6. The molecule has 1 fully saturated rings. The molecule has 1 aromatic carbocycles. The van der Waals surface area contributed by atoms with E-state index in [-0.39, 0.29) is 0 Å². The normalized spacial score (nSPS) is 14.7. The Balaban J connectivity index is 1.80. The molecule has 1 aliphatic rings. The summed E-state index contributed by atoms with van der Waals surface area (Å²) in [5, 5.41) is 22.6. The van der Waals surface area contributed by atoms with Crippen LogP contribution in [0.25, 0.3) is 16.7 Å². The molecule has 2 aromatic heterocycles. The van der Waals surface area contributed by atoms with Crippen molar-refractivity contribution in [3.63, 3.8) is 0 Å². The van der Waals surface area contributed by atoms with Gasteiger partial charge in [-0.15, -0.1) is 0 Å². The van der Waals surface area contributed by atoms with Gasteiger partial charge in [-0.2, -0.15) is 10.5 Å². The zero-order valence-electron chi connectivity index (χ0n) is 16.6. The van der Waals surface area contributed by atoms with Gasteiger partial charge in [0.25, 0.3) is 0 Å². The van der Waals surface area contributed by atoms with E-state index in [1.807, 2.05) is 35.6 Å². The number of hydrogen-bond donors (Lipinski definition) is 1. The average molecular weight is 388 g/mol. The lowest BCUT2D eigenvalue weighted by atomic mass is 10.0. The Morgan fingerprint density at radius 2 is 2.00 bits per heavy atom. The van der Waals surface area contributed by atoms with Crippen LogP contribution < -0.4 is 5.32 Å². The molecule has 3 heterocycles. The van der Waals surface area contributed by atoms with E-state index in [4.69, 9.17) is 15.0 Å². The molecule has 0 saturated carbocycles. The second-order valence-electron chi connectivity index (χ2n) is 7.24. The molecule has 1 saturated heterocycles. The van der Waals surface area contributed by atoms with Gasteiger partial charge in [0.15, 0.2) is 5.65 Å². The van der Waals surface area contributed by atoms with Crippen LogP contribution in [0.4, 0.5) is 5.82 Å². The molecule has 148 valence electrons. The molecule has 1 N–H and O–H groups in total. The van der Waals surface area contributed by atoms with Crippen molar-refractivity contribution in [3.8, 4) is 12.1 Å². The Morgan fingerprint density at radius 3 is 2.76 bits per heavy atom. The first-order chi connectivity index (χ1) is 14.2. The predicted octanol–water partition coefficient (Wildman–Crippen LogP) is 2.87. The molecular weight excluding hydrogens is 364 g/mol. The SMILES string of the molecule is Cc1c(CCC#N)c(NCCN2CCOCC2)n2c(nc3ccccc32)c1C#N. The number of anilines is 1. The summed E-state index contributed by atoms with van der Waals surface area (Å²) in [6.07, 6.45) is 1.00. The lowest BCUT2D eigenvalue weighted by Crippen LogP contribution is -2.39. The summed E-state index contributed by atoms with van der Waals surface area (Å²) in [4.78, 5) is 7.12. The third-order valence-electron chi connectivity index (χ3n) is 5.54. The Kier molecular flexibility index (Phi) is 5.62. The van der Waals surface area contributed by atoms with Gasteiger partial charge in [0.1, 0.15) is 11.9 Å². The average Bonchev–Trinajstić information content (AvgIpc) is 3.13. The van der Waals surface area contributed by atoms with Crippen LogP contribution in [0.2, 0.25) is 0 Å². The molecule has 3 aromatic rings. The predicted molar refractivity (Wildman–Crippen MR) is 112 cm³/mol. The monoisotopic (exact) mass is 388 g/mol. The van der Waals surface area contributed by atoms with E-state index >= 15 is 0 Å². The van der Waals surface area contributed by atoms with Crippen molar-refractivity contribution >= 4 is 22.5 Å². The van der Waals surface area contributed by atoms with Crippen LogP contribution in [0.5, 0.6) is 0 Å². The largest absolute Gasteiger partial charge is 0.379 e. The molecule has 0 bridgehead atoms. The summed E-state index contributed by atoms with van der Waals surface area (Å²) in [6.45, 7) is 7.08. The maximum atomic E-state index is 9.82. The standard InChI is InChI=1S/C22H24N6O/c1-16-17(5-4-8-23)21(25-9-10-27-11-13-29-14-12-27)28-20-7-3-2-6-19(20)26-22(28)18(16)15-24/h2-3,6-7,25H,4-5,9-14H2,1H3. The molecule has 0 unspecified atom stereocenters. The van der Waals surface area contributed by atoms with Crippen molar-refractivity contribution in [2.24, 2.45) is 0 Å². The summed E-state index contributed by atoms with van der Waals surface area (Å²) in [5.41, 5.74) is 4.98. The molecule has 7 nitrogen and oxygen atoms in total. The summed E-state index contributed by atoms with van der Waals surface area (Å²) >= 11 is 0. The fourth-order valence-electron chi connectivity index (χ4n) is 4.01. The van der Waals surface area contributed by atoms with Crippen molar-refractivity contribution in [2.45, 2.75) is 19.8 Å². The van der Waals surface area contributed by atoms with Gasteiger partial charge in [-0.1, -0.05) is 12.1 Å². The number of hydrogen-bond acceptors (Lipinski definition) is 6. The first-order valence-corrected chi connectivity index (χ1v) is 9.98. The summed E-state index contributed by atoms with van der Waals surface area (Å²) < 4.78 is 7.48. The van der Waals surface area contributed by atoms with Crippen LogP contribution in [-0.4, -0.2) is 53.7 Å². The molecule has 7 heteroatoms. The van der Waals surface area contributed by atoms with Gasteiger partial charge in [-0.25, -0.2) is 4.98 Å². The highest BCUT2D eigenvalue weighted by Gasteiger charge is 2.20. The summed E-state index contributed by atoms with van der Waals surface area (Å²) in [6, 6.07) is 12.5. The fraction of sp³-hybridized carbons (Fsp3) is 0.409. The minimum Gasteiger partial charge on any atom is -0.379 e. The van der Waals surface area contributed by atoms with Crippen LogP contribution in [0, 0.1) is 29.6 Å². The molecule has 0 atom stereocenters. The Labute approximate surface area is 170 Å². The zero-order chi connectivity index (χ0) is 20.2. The molecule has 0 amide bonds. The number of benzene rings is 1. The van der Waals surface area contributed by atoms with Crippen molar-refractivity contribution in [3.05, 3.63) is 41.0 Å². The number of ether oxygens (including phenoxy) is 1. The van der Waals surface area contributed by atoms with Gasteiger partial charge < -0.3 is 10.1 Å². The third-order valence-corrected chi connectivity index (χ3v) is 5.54. The van der Waals surface area contributed by atoms with Crippen LogP contribution >= 0.6 is 0 Å². The number of nitrogens with zero attached hydrogens (tertiary/aromatic N) is 5. The maximum Gasteiger partial charge on any atom is 0.157 e. The maximum absolute atomic E-state index is 9.82. The Bertz CT molecular complexity index is 1110. The van der Waals surface area contributed by atoms with Gasteiger partial charge in [0.05, 0.1) is 35.9 Å². The molecule has 4 rings (SSSR count). The quantitative estimate of drug-likeness (QED) is 0.698. The number of rotatable bonds is 6. The van der Waals surface area contributed by atoms with Crippen molar-refractivity contribution in [2.75, 3.05) is 44.7 Å². The van der Waals surface area contributed by atoms with Crippen molar-refractivity contribution < 1.29 is 4.74 Å². The van der Waals surface area contributed by atoms with E-state index in [0.717, 1.165) is 67.4 Å². The highest BCUT2D eigenvalue weighted by Crippen LogP contribution is 2.31. The second-order valence-corrected chi connectivity index (χ2v) is 7.24. The number of morpholine rings is 1. The number of imidazole rings is 1. The van der Waals surface area contributed by atoms with E-state index in [1.54, 1.807) is 0 Å². The van der Waals surface area contributed by atoms with Gasteiger partial charge in [-0.05, 0) is 36.6 Å². The third kappa shape index (κ3) is 3.63. The Morgan fingerprint density at radius 1 is 1.21 bits per heavy atom. The number of aromatic nitrogens is 2. The lowest BCUT2D eigenvalue weighted by molar-refractivity contribution is 0.0398. The van der Waals surface area contributed by atoms with E-state index < -0.39 is 0 Å². The fourth-order valence-corrected chi connectivity index (χ4v) is 4.01. The van der Waals surface area contributed by atoms with Gasteiger partial charge >= 0.3 is 0 Å². The van der Waals surface area contributed by atoms with E-state index in [9.17, 15) is 5.26 Å². The highest BCUT2D eigenvalue weighted by molar-refractivity contribution is 5.86. The smallest absolute Gasteiger partial charge is 0.157 e. The van der Waals surface area contributed by atoms with Gasteiger partial charge in [0, 0.05) is 32.6 Å². The molecular formula is C22H24N6O. The van der Waals surface area contributed by atoms with Gasteiger partial charge in [-0.3, -0.25) is 9.30 Å². The first kappa shape index (κ1) is 19.2. The van der Waals surface area contributed by atoms with E-state index in [2.05, 4.69) is 22.4 Å². The number of fused-ring (bicyclic) bond motifs is 3. The summed E-state index contributed by atoms with van der Waals surface area (Å²) in [5.74, 6) is 0.939. The minimum absolute atomic E-state index is 0.405. The topological polar surface area (TPSA) is 89.4 Å². The van der Waals surface area contributed by atoms with Gasteiger partial charge in [0.2, 0.25) is 0 Å². The van der Waals surface area contributed by atoms with Crippen LogP contribution in [0.15, 0.2) is 24.3 Å².